The standard InChI is InChI=1S/C6H8Cl2N2O/c7-3-1-2-5-9-10-6(4-8)11-5/h1-4H2. The summed E-state index contributed by atoms with van der Waals surface area (Å²) in [5.41, 5.74) is 0. The Kier molecular flexibility index (Phi) is 3.66. The number of alkyl halides is 2. The van der Waals surface area contributed by atoms with Crippen LogP contribution in [-0.2, 0) is 12.3 Å². The van der Waals surface area contributed by atoms with Crippen LogP contribution in [0.15, 0.2) is 4.42 Å². The molecule has 0 radical (unpaired) electrons. The van der Waals surface area contributed by atoms with Gasteiger partial charge in [-0.25, -0.2) is 0 Å². The summed E-state index contributed by atoms with van der Waals surface area (Å²) in [6, 6.07) is 0. The van der Waals surface area contributed by atoms with Gasteiger partial charge in [0.25, 0.3) is 0 Å². The highest BCUT2D eigenvalue weighted by Gasteiger charge is 2.02. The Hall–Kier alpha value is -0.280. The molecule has 0 saturated heterocycles. The summed E-state index contributed by atoms with van der Waals surface area (Å²) in [6.45, 7) is 0. The second-order valence-electron chi connectivity index (χ2n) is 2.02. The minimum atomic E-state index is 0.272. The molecule has 1 rings (SSSR count). The molecule has 1 heterocycles. The van der Waals surface area contributed by atoms with Crippen LogP contribution < -0.4 is 0 Å². The average Bonchev–Trinajstić information content (AvgIpc) is 2.48. The van der Waals surface area contributed by atoms with Crippen molar-refractivity contribution in [3.05, 3.63) is 11.8 Å². The van der Waals surface area contributed by atoms with Crippen LogP contribution in [0.5, 0.6) is 0 Å². The summed E-state index contributed by atoms with van der Waals surface area (Å²) >= 11 is 10.9. The molecule has 1 aromatic rings. The molecule has 0 atom stereocenters. The lowest BCUT2D eigenvalue weighted by molar-refractivity contribution is 0.461. The Morgan fingerprint density at radius 2 is 1.91 bits per heavy atom. The fraction of sp³-hybridized carbons (Fsp3) is 0.667. The number of rotatable bonds is 4. The van der Waals surface area contributed by atoms with Gasteiger partial charge in [-0.2, -0.15) is 0 Å². The molecule has 0 fully saturated rings. The predicted octanol–water partition coefficient (Wildman–Crippen LogP) is 1.98. The summed E-state index contributed by atoms with van der Waals surface area (Å²) in [4.78, 5) is 0. The monoisotopic (exact) mass is 194 g/mol. The fourth-order valence-electron chi connectivity index (χ4n) is 0.661. The van der Waals surface area contributed by atoms with E-state index in [-0.39, 0.29) is 5.88 Å². The van der Waals surface area contributed by atoms with Crippen LogP contribution >= 0.6 is 23.2 Å². The minimum Gasteiger partial charge on any atom is -0.424 e. The Bertz CT molecular complexity index is 214. The lowest BCUT2D eigenvalue weighted by atomic mass is 10.3. The summed E-state index contributed by atoms with van der Waals surface area (Å²) in [5, 5.41) is 7.46. The van der Waals surface area contributed by atoms with Gasteiger partial charge < -0.3 is 4.42 Å². The molecule has 0 saturated carbocycles. The topological polar surface area (TPSA) is 38.9 Å². The van der Waals surface area contributed by atoms with Crippen molar-refractivity contribution in [3.8, 4) is 0 Å². The van der Waals surface area contributed by atoms with E-state index in [4.69, 9.17) is 27.6 Å². The van der Waals surface area contributed by atoms with Crippen molar-refractivity contribution < 1.29 is 4.42 Å². The maximum Gasteiger partial charge on any atom is 0.231 e. The van der Waals surface area contributed by atoms with E-state index in [1.807, 2.05) is 0 Å². The summed E-state index contributed by atoms with van der Waals surface area (Å²) in [5.74, 6) is 1.96. The van der Waals surface area contributed by atoms with E-state index < -0.39 is 0 Å². The molecule has 1 aromatic heterocycles. The zero-order valence-corrected chi connectivity index (χ0v) is 7.40. The molecule has 0 amide bonds. The molecule has 0 N–H and O–H groups in total. The maximum atomic E-state index is 5.48. The number of hydrogen-bond acceptors (Lipinski definition) is 3. The van der Waals surface area contributed by atoms with Gasteiger partial charge in [-0.3, -0.25) is 0 Å². The van der Waals surface area contributed by atoms with Crippen molar-refractivity contribution in [1.82, 2.24) is 10.2 Å². The summed E-state index contributed by atoms with van der Waals surface area (Å²) < 4.78 is 5.12. The normalized spacial score (nSPS) is 10.4. The molecule has 5 heteroatoms. The largest absolute Gasteiger partial charge is 0.424 e. The molecule has 0 spiro atoms. The fourth-order valence-corrected chi connectivity index (χ4v) is 0.903. The SMILES string of the molecule is ClCCCc1nnc(CCl)o1. The highest BCUT2D eigenvalue weighted by atomic mass is 35.5. The van der Waals surface area contributed by atoms with Crippen molar-refractivity contribution >= 4 is 23.2 Å². The minimum absolute atomic E-state index is 0.272. The number of halogens is 2. The van der Waals surface area contributed by atoms with Crippen LogP contribution in [0, 0.1) is 0 Å². The van der Waals surface area contributed by atoms with Crippen molar-refractivity contribution in [1.29, 1.82) is 0 Å². The summed E-state index contributed by atoms with van der Waals surface area (Å²) in [6.07, 6.45) is 1.58. The maximum absolute atomic E-state index is 5.48. The highest BCUT2D eigenvalue weighted by molar-refractivity contribution is 6.17. The molecular weight excluding hydrogens is 187 g/mol. The molecule has 0 aliphatic heterocycles. The second kappa shape index (κ2) is 4.57. The smallest absolute Gasteiger partial charge is 0.231 e. The number of nitrogens with zero attached hydrogens (tertiary/aromatic N) is 2. The van der Waals surface area contributed by atoms with Crippen molar-refractivity contribution in [2.75, 3.05) is 5.88 Å². The van der Waals surface area contributed by atoms with E-state index in [1.54, 1.807) is 0 Å². The molecular formula is C6H8Cl2N2O. The van der Waals surface area contributed by atoms with Crippen molar-refractivity contribution in [3.63, 3.8) is 0 Å². The highest BCUT2D eigenvalue weighted by Crippen LogP contribution is 2.05. The second-order valence-corrected chi connectivity index (χ2v) is 2.66. The molecule has 0 aromatic carbocycles. The van der Waals surface area contributed by atoms with Crippen molar-refractivity contribution in [2.24, 2.45) is 0 Å². The van der Waals surface area contributed by atoms with Crippen LogP contribution in [0.4, 0.5) is 0 Å². The lowest BCUT2D eigenvalue weighted by Gasteiger charge is -1.87. The van der Waals surface area contributed by atoms with Gasteiger partial charge >= 0.3 is 0 Å². The first-order valence-corrected chi connectivity index (χ1v) is 4.37. The van der Waals surface area contributed by atoms with Gasteiger partial charge in [0.1, 0.15) is 5.88 Å². The number of aromatic nitrogens is 2. The third-order valence-corrected chi connectivity index (χ3v) is 1.64. The number of hydrogen-bond donors (Lipinski definition) is 0. The van der Waals surface area contributed by atoms with E-state index in [0.29, 0.717) is 17.7 Å². The third-order valence-electron chi connectivity index (χ3n) is 1.15. The Balaban J connectivity index is 2.44. The molecule has 0 bridgehead atoms. The molecule has 0 unspecified atom stereocenters. The van der Waals surface area contributed by atoms with E-state index >= 15 is 0 Å². The van der Waals surface area contributed by atoms with Gasteiger partial charge in [0, 0.05) is 12.3 Å². The first-order chi connectivity index (χ1) is 5.36. The van der Waals surface area contributed by atoms with Crippen LogP contribution in [-0.4, -0.2) is 16.1 Å². The van der Waals surface area contributed by atoms with Gasteiger partial charge in [-0.05, 0) is 6.42 Å². The van der Waals surface area contributed by atoms with Crippen LogP contribution in [0.2, 0.25) is 0 Å². The zero-order valence-electron chi connectivity index (χ0n) is 5.89. The third kappa shape index (κ3) is 2.67. The molecule has 0 aliphatic rings. The molecule has 3 nitrogen and oxygen atoms in total. The summed E-state index contributed by atoms with van der Waals surface area (Å²) in [7, 11) is 0. The Labute approximate surface area is 74.7 Å². The first kappa shape index (κ1) is 8.81. The van der Waals surface area contributed by atoms with Gasteiger partial charge in [-0.15, -0.1) is 33.4 Å². The Morgan fingerprint density at radius 3 is 2.45 bits per heavy atom. The lowest BCUT2D eigenvalue weighted by Crippen LogP contribution is -1.85. The van der Waals surface area contributed by atoms with Crippen LogP contribution in [0.3, 0.4) is 0 Å². The van der Waals surface area contributed by atoms with Gasteiger partial charge in [-0.1, -0.05) is 0 Å². The Morgan fingerprint density at radius 1 is 1.18 bits per heavy atom. The van der Waals surface area contributed by atoms with Crippen molar-refractivity contribution in [2.45, 2.75) is 18.7 Å². The van der Waals surface area contributed by atoms with Gasteiger partial charge in [0.15, 0.2) is 0 Å². The van der Waals surface area contributed by atoms with E-state index in [9.17, 15) is 0 Å². The van der Waals surface area contributed by atoms with E-state index in [0.717, 1.165) is 12.8 Å². The van der Waals surface area contributed by atoms with Gasteiger partial charge in [0.05, 0.1) is 0 Å². The predicted molar refractivity (Wildman–Crippen MR) is 42.9 cm³/mol. The zero-order chi connectivity index (χ0) is 8.10. The molecule has 0 aliphatic carbocycles. The first-order valence-electron chi connectivity index (χ1n) is 3.30. The quantitative estimate of drug-likeness (QED) is 0.689. The molecule has 11 heavy (non-hydrogen) atoms. The van der Waals surface area contributed by atoms with Crippen LogP contribution in [0.25, 0.3) is 0 Å². The molecule has 62 valence electrons. The number of aryl methyl sites for hydroxylation is 1. The van der Waals surface area contributed by atoms with Crippen LogP contribution in [0.1, 0.15) is 18.2 Å². The van der Waals surface area contributed by atoms with E-state index in [1.165, 1.54) is 0 Å². The van der Waals surface area contributed by atoms with E-state index in [2.05, 4.69) is 10.2 Å². The average molecular weight is 195 g/mol. The van der Waals surface area contributed by atoms with Gasteiger partial charge in [0.2, 0.25) is 11.8 Å².